The van der Waals surface area contributed by atoms with Crippen LogP contribution in [-0.4, -0.2) is 35.7 Å². The largest absolute Gasteiger partial charge is 0.444 e. The SMILES string of the molecule is CC1(C)CC=C(C2=C(N)C=CC(C3CCN(C(=O)OC(C)(C)C)CC3)N2)CC1. The van der Waals surface area contributed by atoms with Gasteiger partial charge in [-0.2, -0.15) is 0 Å². The Morgan fingerprint density at radius 1 is 1.29 bits per heavy atom. The summed E-state index contributed by atoms with van der Waals surface area (Å²) >= 11 is 0. The number of piperidine rings is 1. The second kappa shape index (κ2) is 7.84. The van der Waals surface area contributed by atoms with E-state index in [2.05, 4.69) is 37.4 Å². The van der Waals surface area contributed by atoms with Crippen LogP contribution in [-0.2, 0) is 4.74 Å². The molecule has 1 unspecified atom stereocenters. The van der Waals surface area contributed by atoms with Gasteiger partial charge in [0.05, 0.1) is 11.4 Å². The summed E-state index contributed by atoms with van der Waals surface area (Å²) < 4.78 is 5.51. The molecule has 5 heteroatoms. The maximum absolute atomic E-state index is 12.3. The van der Waals surface area contributed by atoms with E-state index in [4.69, 9.17) is 10.5 Å². The smallest absolute Gasteiger partial charge is 0.410 e. The fourth-order valence-electron chi connectivity index (χ4n) is 4.21. The Hall–Kier alpha value is -1.91. The molecule has 0 radical (unpaired) electrons. The number of rotatable bonds is 2. The highest BCUT2D eigenvalue weighted by atomic mass is 16.6. The van der Waals surface area contributed by atoms with Gasteiger partial charge in [0.15, 0.2) is 0 Å². The third-order valence-corrected chi connectivity index (χ3v) is 6.08. The molecule has 0 aromatic heterocycles. The number of likely N-dealkylation sites (tertiary alicyclic amines) is 1. The van der Waals surface area contributed by atoms with Crippen LogP contribution in [0.3, 0.4) is 0 Å². The van der Waals surface area contributed by atoms with Crippen LogP contribution < -0.4 is 11.1 Å². The molecule has 2 heterocycles. The van der Waals surface area contributed by atoms with E-state index in [0.717, 1.165) is 50.2 Å². The van der Waals surface area contributed by atoms with Crippen molar-refractivity contribution in [2.24, 2.45) is 17.1 Å². The number of nitrogens with one attached hydrogen (secondary N) is 1. The van der Waals surface area contributed by atoms with Gasteiger partial charge >= 0.3 is 6.09 Å². The van der Waals surface area contributed by atoms with Gasteiger partial charge in [0, 0.05) is 19.1 Å². The summed E-state index contributed by atoms with van der Waals surface area (Å²) in [5.74, 6) is 0.499. The summed E-state index contributed by atoms with van der Waals surface area (Å²) in [6.45, 7) is 11.9. The number of nitrogens with zero attached hydrogens (tertiary/aromatic N) is 1. The van der Waals surface area contributed by atoms with E-state index in [1.54, 1.807) is 0 Å². The van der Waals surface area contributed by atoms with Crippen molar-refractivity contribution in [1.82, 2.24) is 10.2 Å². The molecule has 5 nitrogen and oxygen atoms in total. The molecule has 3 aliphatic rings. The molecule has 2 aliphatic heterocycles. The molecule has 28 heavy (non-hydrogen) atoms. The van der Waals surface area contributed by atoms with Crippen molar-refractivity contribution in [1.29, 1.82) is 0 Å². The zero-order valence-corrected chi connectivity index (χ0v) is 18.2. The van der Waals surface area contributed by atoms with Crippen LogP contribution in [0.5, 0.6) is 0 Å². The fourth-order valence-corrected chi connectivity index (χ4v) is 4.21. The Kier molecular flexibility index (Phi) is 5.83. The number of amides is 1. The number of ether oxygens (including phenoxy) is 1. The van der Waals surface area contributed by atoms with E-state index in [9.17, 15) is 4.79 Å². The van der Waals surface area contributed by atoms with Crippen molar-refractivity contribution < 1.29 is 9.53 Å². The molecule has 3 N–H and O–H groups in total. The second-order valence-corrected chi connectivity index (χ2v) is 10.3. The molecule has 0 saturated carbocycles. The topological polar surface area (TPSA) is 67.6 Å². The van der Waals surface area contributed by atoms with Crippen LogP contribution in [0.1, 0.15) is 66.7 Å². The van der Waals surface area contributed by atoms with Gasteiger partial charge in [0.1, 0.15) is 5.60 Å². The van der Waals surface area contributed by atoms with Gasteiger partial charge in [-0.05, 0) is 75.9 Å². The van der Waals surface area contributed by atoms with Gasteiger partial charge in [-0.15, -0.1) is 0 Å². The minimum Gasteiger partial charge on any atom is -0.444 e. The number of dihydropyridines is 1. The number of hydrogen-bond acceptors (Lipinski definition) is 4. The van der Waals surface area contributed by atoms with Crippen LogP contribution in [0.25, 0.3) is 0 Å². The van der Waals surface area contributed by atoms with E-state index in [1.165, 1.54) is 12.0 Å². The van der Waals surface area contributed by atoms with Crippen LogP contribution in [0.2, 0.25) is 0 Å². The molecule has 1 saturated heterocycles. The number of carbonyl (C=O) groups excluding carboxylic acids is 1. The number of nitrogens with two attached hydrogens (primary N) is 1. The molecule has 1 fully saturated rings. The Bertz CT molecular complexity index is 689. The van der Waals surface area contributed by atoms with Gasteiger partial charge < -0.3 is 20.7 Å². The summed E-state index contributed by atoms with van der Waals surface area (Å²) in [5, 5.41) is 3.72. The van der Waals surface area contributed by atoms with Crippen molar-refractivity contribution in [3.05, 3.63) is 35.2 Å². The zero-order chi connectivity index (χ0) is 20.5. The molecule has 0 aromatic carbocycles. The quantitative estimate of drug-likeness (QED) is 0.734. The van der Waals surface area contributed by atoms with Crippen molar-refractivity contribution in [3.63, 3.8) is 0 Å². The van der Waals surface area contributed by atoms with Crippen LogP contribution in [0.4, 0.5) is 4.79 Å². The van der Waals surface area contributed by atoms with Crippen LogP contribution >= 0.6 is 0 Å². The summed E-state index contributed by atoms with van der Waals surface area (Å²) in [7, 11) is 0. The summed E-state index contributed by atoms with van der Waals surface area (Å²) in [6, 6.07) is 0.277. The second-order valence-electron chi connectivity index (χ2n) is 10.3. The first kappa shape index (κ1) is 20.8. The highest BCUT2D eigenvalue weighted by Gasteiger charge is 2.32. The van der Waals surface area contributed by atoms with Gasteiger partial charge in [0.25, 0.3) is 0 Å². The highest BCUT2D eigenvalue weighted by molar-refractivity contribution is 5.68. The predicted molar refractivity (Wildman–Crippen MR) is 114 cm³/mol. The van der Waals surface area contributed by atoms with E-state index in [0.29, 0.717) is 11.3 Å². The van der Waals surface area contributed by atoms with Crippen molar-refractivity contribution in [3.8, 4) is 0 Å². The summed E-state index contributed by atoms with van der Waals surface area (Å²) in [4.78, 5) is 14.1. The van der Waals surface area contributed by atoms with Gasteiger partial charge in [-0.3, -0.25) is 0 Å². The van der Waals surface area contributed by atoms with Crippen LogP contribution in [0.15, 0.2) is 35.2 Å². The summed E-state index contributed by atoms with van der Waals surface area (Å²) in [5.41, 5.74) is 9.58. The van der Waals surface area contributed by atoms with Crippen LogP contribution in [0, 0.1) is 11.3 Å². The third kappa shape index (κ3) is 5.12. The zero-order valence-electron chi connectivity index (χ0n) is 18.2. The number of carbonyl (C=O) groups is 1. The van der Waals surface area contributed by atoms with Gasteiger partial charge in [0.2, 0.25) is 0 Å². The molecule has 0 spiro atoms. The van der Waals surface area contributed by atoms with Crippen molar-refractivity contribution >= 4 is 6.09 Å². The lowest BCUT2D eigenvalue weighted by Gasteiger charge is -2.38. The molecule has 3 rings (SSSR count). The van der Waals surface area contributed by atoms with Crippen molar-refractivity contribution in [2.75, 3.05) is 13.1 Å². The maximum atomic E-state index is 12.3. The molecule has 1 atom stereocenters. The molecule has 156 valence electrons. The molecule has 0 bridgehead atoms. The molecule has 0 aromatic rings. The Balaban J connectivity index is 1.58. The predicted octanol–water partition coefficient (Wildman–Crippen LogP) is 4.47. The minimum absolute atomic E-state index is 0.196. The lowest BCUT2D eigenvalue weighted by atomic mass is 9.77. The average molecular weight is 388 g/mol. The maximum Gasteiger partial charge on any atom is 0.410 e. The average Bonchev–Trinajstić information content (AvgIpc) is 2.61. The van der Waals surface area contributed by atoms with E-state index < -0.39 is 5.60 Å². The summed E-state index contributed by atoms with van der Waals surface area (Å²) in [6.07, 6.45) is 11.7. The van der Waals surface area contributed by atoms with Gasteiger partial charge in [-0.1, -0.05) is 26.0 Å². The molecular formula is C23H37N3O2. The molecule has 1 aliphatic carbocycles. The van der Waals surface area contributed by atoms with Crippen molar-refractivity contribution in [2.45, 2.75) is 78.4 Å². The number of allylic oxidation sites excluding steroid dienone is 3. The van der Waals surface area contributed by atoms with E-state index in [-0.39, 0.29) is 12.1 Å². The standard InChI is InChI=1S/C23H37N3O2/c1-22(2,3)28-21(27)26-14-10-16(11-15-26)19-7-6-18(24)20(25-19)17-8-12-23(4,5)13-9-17/h6-8,16,19,25H,9-15,24H2,1-5H3. The molecule has 1 amide bonds. The monoisotopic (exact) mass is 387 g/mol. The first-order chi connectivity index (χ1) is 13.0. The van der Waals surface area contributed by atoms with E-state index in [1.807, 2.05) is 25.7 Å². The Labute approximate surface area is 170 Å². The molecular weight excluding hydrogens is 350 g/mol. The normalized spacial score (nSPS) is 26.0. The van der Waals surface area contributed by atoms with E-state index >= 15 is 0 Å². The first-order valence-corrected chi connectivity index (χ1v) is 10.7. The first-order valence-electron chi connectivity index (χ1n) is 10.7. The lowest BCUT2D eigenvalue weighted by Crippen LogP contribution is -2.46. The van der Waals surface area contributed by atoms with Gasteiger partial charge in [-0.25, -0.2) is 4.79 Å². The minimum atomic E-state index is -0.443. The Morgan fingerprint density at radius 2 is 1.96 bits per heavy atom. The lowest BCUT2D eigenvalue weighted by molar-refractivity contribution is 0.0176. The number of hydrogen-bond donors (Lipinski definition) is 2. The fraction of sp³-hybridized carbons (Fsp3) is 0.696. The Morgan fingerprint density at radius 3 is 2.54 bits per heavy atom. The third-order valence-electron chi connectivity index (χ3n) is 6.08. The highest BCUT2D eigenvalue weighted by Crippen LogP contribution is 2.37.